The lowest BCUT2D eigenvalue weighted by molar-refractivity contribution is 0.103. The summed E-state index contributed by atoms with van der Waals surface area (Å²) in [5.74, 6) is 0.525. The van der Waals surface area contributed by atoms with E-state index in [9.17, 15) is 9.59 Å². The molecule has 4 heteroatoms. The molecule has 0 N–H and O–H groups in total. The van der Waals surface area contributed by atoms with Gasteiger partial charge >= 0.3 is 0 Å². The summed E-state index contributed by atoms with van der Waals surface area (Å²) in [7, 11) is 0. The van der Waals surface area contributed by atoms with Gasteiger partial charge in [0, 0.05) is 17.3 Å². The number of carbonyl (C=O) groups excluding carboxylic acids is 2. The Kier molecular flexibility index (Phi) is 3.43. The first-order valence-electron chi connectivity index (χ1n) is 6.40. The molecule has 0 fully saturated rings. The van der Waals surface area contributed by atoms with Gasteiger partial charge in [0.15, 0.2) is 12.0 Å². The van der Waals surface area contributed by atoms with Crippen molar-refractivity contribution < 1.29 is 14.0 Å². The third-order valence-corrected chi connectivity index (χ3v) is 3.08. The lowest BCUT2D eigenvalue weighted by Gasteiger charge is -2.05. The van der Waals surface area contributed by atoms with Gasteiger partial charge in [0.05, 0.1) is 0 Å². The number of carbonyl (C=O) groups is 2. The van der Waals surface area contributed by atoms with Crippen molar-refractivity contribution in [3.8, 4) is 11.3 Å². The Morgan fingerprint density at radius 2 is 1.81 bits per heavy atom. The van der Waals surface area contributed by atoms with Gasteiger partial charge in [-0.25, -0.2) is 0 Å². The Labute approximate surface area is 121 Å². The summed E-state index contributed by atoms with van der Waals surface area (Å²) in [5.41, 5.74) is 1.50. The van der Waals surface area contributed by atoms with Crippen LogP contribution in [-0.4, -0.2) is 17.1 Å². The fourth-order valence-corrected chi connectivity index (χ4v) is 2.09. The third-order valence-electron chi connectivity index (χ3n) is 3.08. The summed E-state index contributed by atoms with van der Waals surface area (Å²) in [5, 5.41) is 0. The lowest BCUT2D eigenvalue weighted by Crippen LogP contribution is -2.05. The normalized spacial score (nSPS) is 10.3. The number of aromatic nitrogens is 1. The van der Waals surface area contributed by atoms with Gasteiger partial charge in [-0.3, -0.25) is 14.6 Å². The monoisotopic (exact) mass is 277 g/mol. The number of furan rings is 1. The fourth-order valence-electron chi connectivity index (χ4n) is 2.09. The summed E-state index contributed by atoms with van der Waals surface area (Å²) in [4.78, 5) is 27.3. The van der Waals surface area contributed by atoms with Gasteiger partial charge < -0.3 is 4.42 Å². The molecule has 2 heterocycles. The Hall–Kier alpha value is -3.01. The molecule has 0 spiro atoms. The second-order valence-corrected chi connectivity index (χ2v) is 4.41. The largest absolute Gasteiger partial charge is 0.453 e. The van der Waals surface area contributed by atoms with Crippen molar-refractivity contribution in [1.29, 1.82) is 0 Å². The van der Waals surface area contributed by atoms with Gasteiger partial charge in [0.2, 0.25) is 5.78 Å². The molecule has 0 unspecified atom stereocenters. The Bertz CT molecular complexity index is 791. The van der Waals surface area contributed by atoms with Crippen molar-refractivity contribution in [3.63, 3.8) is 0 Å². The Balaban J connectivity index is 2.08. The van der Waals surface area contributed by atoms with E-state index in [1.807, 2.05) is 6.07 Å². The minimum absolute atomic E-state index is 0.185. The minimum Gasteiger partial charge on any atom is -0.453 e. The van der Waals surface area contributed by atoms with E-state index in [0.29, 0.717) is 28.9 Å². The van der Waals surface area contributed by atoms with Gasteiger partial charge in [-0.2, -0.15) is 0 Å². The molecule has 0 aliphatic rings. The molecule has 102 valence electrons. The molecular weight excluding hydrogens is 266 g/mol. The SMILES string of the molecule is O=Cc1ccc(-c2ccccc2C(=O)c2ccccn2)o1. The first-order chi connectivity index (χ1) is 10.3. The first-order valence-corrected chi connectivity index (χ1v) is 6.40. The molecule has 4 nitrogen and oxygen atoms in total. The summed E-state index contributed by atoms with van der Waals surface area (Å²) < 4.78 is 5.40. The highest BCUT2D eigenvalue weighted by Gasteiger charge is 2.17. The third kappa shape index (κ3) is 2.51. The highest BCUT2D eigenvalue weighted by molar-refractivity contribution is 6.11. The van der Waals surface area contributed by atoms with E-state index in [-0.39, 0.29) is 11.5 Å². The molecule has 0 radical (unpaired) electrons. The topological polar surface area (TPSA) is 60.2 Å². The van der Waals surface area contributed by atoms with Crippen LogP contribution in [0.15, 0.2) is 65.2 Å². The smallest absolute Gasteiger partial charge is 0.212 e. The van der Waals surface area contributed by atoms with Crippen molar-refractivity contribution in [2.45, 2.75) is 0 Å². The highest BCUT2D eigenvalue weighted by atomic mass is 16.3. The van der Waals surface area contributed by atoms with Crippen molar-refractivity contribution in [2.24, 2.45) is 0 Å². The van der Waals surface area contributed by atoms with E-state index in [2.05, 4.69) is 4.98 Å². The van der Waals surface area contributed by atoms with Crippen molar-refractivity contribution >= 4 is 12.1 Å². The van der Waals surface area contributed by atoms with E-state index in [1.165, 1.54) is 0 Å². The second-order valence-electron chi connectivity index (χ2n) is 4.41. The molecule has 1 aromatic carbocycles. The zero-order valence-electron chi connectivity index (χ0n) is 11.0. The maximum atomic E-state index is 12.5. The summed E-state index contributed by atoms with van der Waals surface area (Å²) >= 11 is 0. The van der Waals surface area contributed by atoms with E-state index in [4.69, 9.17) is 4.42 Å². The molecule has 3 rings (SSSR count). The van der Waals surface area contributed by atoms with Crippen LogP contribution in [0.4, 0.5) is 0 Å². The quantitative estimate of drug-likeness (QED) is 0.541. The molecule has 3 aromatic rings. The van der Waals surface area contributed by atoms with Crippen molar-refractivity contribution in [1.82, 2.24) is 4.98 Å². The van der Waals surface area contributed by atoms with Crippen LogP contribution < -0.4 is 0 Å². The van der Waals surface area contributed by atoms with E-state index in [1.54, 1.807) is 54.7 Å². The van der Waals surface area contributed by atoms with Crippen LogP contribution in [0.25, 0.3) is 11.3 Å². The summed E-state index contributed by atoms with van der Waals surface area (Å²) in [6, 6.07) is 15.5. The van der Waals surface area contributed by atoms with Crippen LogP contribution in [0.5, 0.6) is 0 Å². The second kappa shape index (κ2) is 5.54. The standard InChI is InChI=1S/C17H11NO3/c19-11-12-8-9-16(21-12)13-5-1-2-6-14(13)17(20)15-7-3-4-10-18-15/h1-11H. The maximum absolute atomic E-state index is 12.5. The van der Waals surface area contributed by atoms with Crippen LogP contribution in [0, 0.1) is 0 Å². The predicted molar refractivity (Wildman–Crippen MR) is 77.2 cm³/mol. The number of aldehydes is 1. The highest BCUT2D eigenvalue weighted by Crippen LogP contribution is 2.26. The van der Waals surface area contributed by atoms with Gasteiger partial charge in [0.1, 0.15) is 11.5 Å². The van der Waals surface area contributed by atoms with Crippen LogP contribution >= 0.6 is 0 Å². The average molecular weight is 277 g/mol. The molecule has 2 aromatic heterocycles. The number of rotatable bonds is 4. The molecule has 0 aliphatic heterocycles. The molecule has 0 aliphatic carbocycles. The number of pyridine rings is 1. The van der Waals surface area contributed by atoms with Gasteiger partial charge in [-0.1, -0.05) is 30.3 Å². The van der Waals surface area contributed by atoms with Crippen LogP contribution in [0.2, 0.25) is 0 Å². The Morgan fingerprint density at radius 3 is 2.52 bits per heavy atom. The predicted octanol–water partition coefficient (Wildman–Crippen LogP) is 3.39. The zero-order valence-corrected chi connectivity index (χ0v) is 11.0. The molecule has 0 atom stereocenters. The number of hydrogen-bond donors (Lipinski definition) is 0. The number of benzene rings is 1. The Morgan fingerprint density at radius 1 is 1.00 bits per heavy atom. The van der Waals surface area contributed by atoms with Crippen LogP contribution in [0.3, 0.4) is 0 Å². The molecule has 21 heavy (non-hydrogen) atoms. The van der Waals surface area contributed by atoms with E-state index >= 15 is 0 Å². The zero-order chi connectivity index (χ0) is 14.7. The van der Waals surface area contributed by atoms with Gasteiger partial charge in [0.25, 0.3) is 0 Å². The van der Waals surface area contributed by atoms with Gasteiger partial charge in [-0.15, -0.1) is 0 Å². The summed E-state index contributed by atoms with van der Waals surface area (Å²) in [6.07, 6.45) is 2.21. The number of ketones is 1. The number of hydrogen-bond acceptors (Lipinski definition) is 4. The van der Waals surface area contributed by atoms with E-state index in [0.717, 1.165) is 0 Å². The molecule has 0 bridgehead atoms. The first kappa shape index (κ1) is 13.0. The van der Waals surface area contributed by atoms with Crippen LogP contribution in [-0.2, 0) is 0 Å². The maximum Gasteiger partial charge on any atom is 0.212 e. The van der Waals surface area contributed by atoms with Crippen LogP contribution in [0.1, 0.15) is 26.6 Å². The fraction of sp³-hybridized carbons (Fsp3) is 0. The molecule has 0 saturated heterocycles. The lowest BCUT2D eigenvalue weighted by atomic mass is 9.99. The van der Waals surface area contributed by atoms with Crippen molar-refractivity contribution in [2.75, 3.05) is 0 Å². The molecule has 0 amide bonds. The van der Waals surface area contributed by atoms with Gasteiger partial charge in [-0.05, 0) is 24.3 Å². The van der Waals surface area contributed by atoms with Crippen molar-refractivity contribution in [3.05, 3.63) is 77.8 Å². The summed E-state index contributed by atoms with van der Waals surface area (Å²) in [6.45, 7) is 0. The number of nitrogens with zero attached hydrogens (tertiary/aromatic N) is 1. The van der Waals surface area contributed by atoms with E-state index < -0.39 is 0 Å². The molecule has 0 saturated carbocycles. The minimum atomic E-state index is -0.185. The average Bonchev–Trinajstić information content (AvgIpc) is 3.04. The molecular formula is C17H11NO3.